The summed E-state index contributed by atoms with van der Waals surface area (Å²) in [5.74, 6) is 0.534. The summed E-state index contributed by atoms with van der Waals surface area (Å²) >= 11 is 1.67. The van der Waals surface area contributed by atoms with Gasteiger partial charge in [-0.3, -0.25) is 0 Å². The largest absolute Gasteiger partial charge is 0.382 e. The van der Waals surface area contributed by atoms with Crippen LogP contribution in [0.2, 0.25) is 0 Å². The molecular weight excluding hydrogens is 508 g/mol. The van der Waals surface area contributed by atoms with E-state index in [0.717, 1.165) is 5.56 Å². The van der Waals surface area contributed by atoms with Crippen molar-refractivity contribution in [2.45, 2.75) is 114 Å². The van der Waals surface area contributed by atoms with Gasteiger partial charge in [0, 0.05) is 12.4 Å². The molecule has 246 valence electrons. The average molecular weight is 587 g/mol. The molecule has 0 amide bonds. The van der Waals surface area contributed by atoms with Crippen LogP contribution in [0.4, 0.5) is 0 Å². The van der Waals surface area contributed by atoms with Gasteiger partial charge >= 0.3 is 0 Å². The number of hydrogen-bond donors (Lipinski definition) is 2. The normalized spacial score (nSPS) is 8.67. The van der Waals surface area contributed by atoms with Crippen molar-refractivity contribution < 1.29 is 24.4 Å². The maximum atomic E-state index is 8.65. The average Bonchev–Trinajstić information content (AvgIpc) is 2.77. The molecule has 0 aliphatic heterocycles. The van der Waals surface area contributed by atoms with Crippen LogP contribution in [0.1, 0.15) is 125 Å². The molecule has 2 N–H and O–H groups in total. The number of hydrogen-bond acceptors (Lipinski definition) is 6. The minimum Gasteiger partial charge on any atom is -0.382 e. The molecule has 2 rings (SSSR count). The third kappa shape index (κ3) is 38.8. The van der Waals surface area contributed by atoms with Crippen LogP contribution in [0.25, 0.3) is 0 Å². The molecule has 6 heteroatoms. The summed E-state index contributed by atoms with van der Waals surface area (Å²) in [4.78, 5) is 0. The molecule has 0 radical (unpaired) electrons. The van der Waals surface area contributed by atoms with E-state index in [2.05, 4.69) is 19.1 Å². The van der Waals surface area contributed by atoms with Crippen molar-refractivity contribution in [2.75, 3.05) is 33.2 Å². The molecule has 39 heavy (non-hydrogen) atoms. The fraction of sp³-hybridized carbons (Fsp3) is 0.636. The number of rotatable bonds is 10. The maximum absolute atomic E-state index is 8.65. The Kier molecular flexibility index (Phi) is 112. The third-order valence-corrected chi connectivity index (χ3v) is 4.60. The van der Waals surface area contributed by atoms with Gasteiger partial charge in [-0.15, -0.1) is 11.8 Å². The lowest BCUT2D eigenvalue weighted by Crippen LogP contribution is -2.11. The first-order valence-electron chi connectivity index (χ1n) is 9.34. The Balaban J connectivity index is -0.0000000277. The zero-order valence-electron chi connectivity index (χ0n) is 17.3. The molecule has 0 aliphatic carbocycles. The third-order valence-electron chi connectivity index (χ3n) is 3.53. The Morgan fingerprint density at radius 1 is 0.641 bits per heavy atom. The van der Waals surface area contributed by atoms with Gasteiger partial charge in [0.25, 0.3) is 0 Å². The molecule has 5 nitrogen and oxygen atoms in total. The lowest BCUT2D eigenvalue weighted by molar-refractivity contribution is -0.0770. The number of benzene rings is 2. The molecule has 0 bridgehead atoms. The zero-order chi connectivity index (χ0) is 21.0. The first-order chi connectivity index (χ1) is 13.7. The highest BCUT2D eigenvalue weighted by Crippen LogP contribution is 2.27. The van der Waals surface area contributed by atoms with Gasteiger partial charge in [0.05, 0.1) is 12.5 Å². The van der Waals surface area contributed by atoms with Crippen LogP contribution in [0.3, 0.4) is 0 Å². The smallest absolute Gasteiger partial charge is 0.144 e. The zero-order valence-corrected chi connectivity index (χ0v) is 18.1. The summed E-state index contributed by atoms with van der Waals surface area (Å²) in [6, 6.07) is 19.9. The molecule has 2 atom stereocenters. The minimum atomic E-state index is -0.289. The minimum absolute atomic E-state index is 0. The van der Waals surface area contributed by atoms with Crippen LogP contribution >= 0.6 is 11.8 Å². The molecule has 0 aromatic heterocycles. The van der Waals surface area contributed by atoms with E-state index < -0.39 is 0 Å². The lowest BCUT2D eigenvalue weighted by atomic mass is 10.1. The van der Waals surface area contributed by atoms with Crippen molar-refractivity contribution >= 4 is 11.8 Å². The maximum Gasteiger partial charge on any atom is 0.144 e. The summed E-state index contributed by atoms with van der Waals surface area (Å²) in [5.41, 5.74) is 2.30. The number of aliphatic hydroxyl groups is 2. The van der Waals surface area contributed by atoms with Crippen molar-refractivity contribution in [1.82, 2.24) is 0 Å². The number of methoxy groups -OCH3 is 1. The van der Waals surface area contributed by atoms with Crippen LogP contribution in [0.5, 0.6) is 0 Å². The van der Waals surface area contributed by atoms with E-state index in [0.29, 0.717) is 17.8 Å². The van der Waals surface area contributed by atoms with Crippen molar-refractivity contribution in [1.29, 1.82) is 0 Å². The molecule has 2 aromatic rings. The Hall–Kier alpha value is -1.41. The second-order valence-electron chi connectivity index (χ2n) is 5.32. The van der Waals surface area contributed by atoms with Crippen LogP contribution in [-0.4, -0.2) is 43.5 Å². The van der Waals surface area contributed by atoms with E-state index in [-0.39, 0.29) is 101 Å². The Morgan fingerprint density at radius 3 is 1.36 bits per heavy atom. The molecule has 2 unspecified atom stereocenters. The van der Waals surface area contributed by atoms with Gasteiger partial charge in [-0.05, 0) is 18.1 Å². The lowest BCUT2D eigenvalue weighted by Gasteiger charge is -2.15. The van der Waals surface area contributed by atoms with Crippen LogP contribution in [0, 0.1) is 0 Å². The Bertz CT molecular complexity index is 551. The van der Waals surface area contributed by atoms with Gasteiger partial charge in [-0.1, -0.05) is 156 Å². The van der Waals surface area contributed by atoms with Gasteiger partial charge in [0.15, 0.2) is 0 Å². The van der Waals surface area contributed by atoms with Crippen LogP contribution in [0.15, 0.2) is 60.7 Å². The summed E-state index contributed by atoms with van der Waals surface area (Å²) < 4.78 is 14.9. The highest BCUT2D eigenvalue weighted by Gasteiger charge is 2.10. The van der Waals surface area contributed by atoms with Gasteiger partial charge in [0.1, 0.15) is 19.7 Å². The monoisotopic (exact) mass is 587 g/mol. The Morgan fingerprint density at radius 2 is 1.03 bits per heavy atom. The predicted octanol–water partition coefficient (Wildman–Crippen LogP) is 11.8. The molecule has 0 heterocycles. The van der Waals surface area contributed by atoms with Crippen molar-refractivity contribution in [3.05, 3.63) is 71.8 Å². The topological polar surface area (TPSA) is 68.2 Å². The second-order valence-corrected chi connectivity index (χ2v) is 6.60. The molecule has 0 aliphatic rings. The van der Waals surface area contributed by atoms with Gasteiger partial charge in [-0.2, -0.15) is 0 Å². The summed E-state index contributed by atoms with van der Waals surface area (Å²) in [6.45, 7) is 6.09. The number of aliphatic hydroxyl groups excluding tert-OH is 2. The van der Waals surface area contributed by atoms with Gasteiger partial charge in [0.2, 0.25) is 0 Å². The number of ether oxygens (including phenoxy) is 3. The van der Waals surface area contributed by atoms with Crippen LogP contribution < -0.4 is 0 Å². The highest BCUT2D eigenvalue weighted by molar-refractivity contribution is 7.99. The van der Waals surface area contributed by atoms with Crippen LogP contribution in [-0.2, 0) is 14.2 Å². The summed E-state index contributed by atoms with van der Waals surface area (Å²) in [5, 5.41) is 17.5. The molecule has 0 fully saturated rings. The fourth-order valence-corrected chi connectivity index (χ4v) is 2.88. The predicted molar refractivity (Wildman–Crippen MR) is 190 cm³/mol. The summed E-state index contributed by atoms with van der Waals surface area (Å²) in [6.07, 6.45) is -0.184. The molecule has 2 aromatic carbocycles. The first-order valence-corrected chi connectivity index (χ1v) is 10.4. The standard InChI is InChI=1S/C10H14O3.C10H14O2S.C2H6.11CH4/c1-12-7-10(13-8-11)9-5-3-2-4-6-9;1-9(13-8-12-7-11)10-5-3-2-4-6-10;1-2;;;;;;;;;;;/h2-6,10-11H,7-8H2,1H3;2-6,9,11H,7-8H2,1H3;1-2H3;11*1H4. The van der Waals surface area contributed by atoms with E-state index in [1.165, 1.54) is 5.56 Å². The SMILES string of the molecule is C.C.C.C.C.C.C.C.C.C.C.CC.CC(SCOCO)c1ccccc1.COCC(OCO)c1ccccc1. The molecule has 0 spiro atoms. The molecule has 0 saturated carbocycles. The van der Waals surface area contributed by atoms with Crippen molar-refractivity contribution in [3.63, 3.8) is 0 Å². The number of thioether (sulfide) groups is 1. The highest BCUT2D eigenvalue weighted by atomic mass is 32.2. The van der Waals surface area contributed by atoms with E-state index in [1.54, 1.807) is 18.9 Å². The van der Waals surface area contributed by atoms with E-state index in [9.17, 15) is 0 Å². The first kappa shape index (κ1) is 76.9. The van der Waals surface area contributed by atoms with Crippen molar-refractivity contribution in [3.8, 4) is 0 Å². The van der Waals surface area contributed by atoms with Gasteiger partial charge < -0.3 is 24.4 Å². The van der Waals surface area contributed by atoms with E-state index in [4.69, 9.17) is 24.4 Å². The van der Waals surface area contributed by atoms with Crippen molar-refractivity contribution in [2.24, 2.45) is 0 Å². The fourth-order valence-electron chi connectivity index (χ4n) is 2.16. The van der Waals surface area contributed by atoms with E-state index in [1.807, 2.05) is 62.4 Å². The Labute approximate surface area is 254 Å². The second kappa shape index (κ2) is 56.7. The van der Waals surface area contributed by atoms with Gasteiger partial charge in [-0.25, -0.2) is 0 Å². The van der Waals surface area contributed by atoms with E-state index >= 15 is 0 Å². The molecular formula is C33H78O5S. The summed E-state index contributed by atoms with van der Waals surface area (Å²) in [7, 11) is 1.61. The quantitative estimate of drug-likeness (QED) is 0.213. The molecule has 0 saturated heterocycles.